The third kappa shape index (κ3) is 2.19. The lowest BCUT2D eigenvalue weighted by Crippen LogP contribution is -2.03. The highest BCUT2D eigenvalue weighted by atomic mass is 16.3. The first-order valence-electron chi connectivity index (χ1n) is 3.42. The van der Waals surface area contributed by atoms with E-state index < -0.39 is 0 Å². The summed E-state index contributed by atoms with van der Waals surface area (Å²) in [5.74, 6) is 0. The minimum Gasteiger partial charge on any atom is -0.393 e. The third-order valence-corrected chi connectivity index (χ3v) is 1.30. The number of aliphatic hydroxyl groups is 1. The monoisotopic (exact) mass is 135 g/mol. The summed E-state index contributed by atoms with van der Waals surface area (Å²) in [4.78, 5) is 0. The Morgan fingerprint density at radius 1 is 1.70 bits per heavy atom. The Labute approximate surface area is 61.3 Å². The fourth-order valence-corrected chi connectivity index (χ4v) is 0.899. The van der Waals surface area contributed by atoms with Crippen LogP contribution in [0, 0.1) is 6.07 Å². The van der Waals surface area contributed by atoms with E-state index in [1.807, 2.05) is 24.3 Å². The van der Waals surface area contributed by atoms with Crippen molar-refractivity contribution in [1.29, 1.82) is 0 Å². The molecule has 0 heterocycles. The smallest absolute Gasteiger partial charge is 0.0552 e. The summed E-state index contributed by atoms with van der Waals surface area (Å²) in [6.07, 6.45) is 0.466. The normalized spacial score (nSPS) is 13.0. The highest BCUT2D eigenvalue weighted by molar-refractivity contribution is 5.14. The van der Waals surface area contributed by atoms with Gasteiger partial charge < -0.3 is 5.11 Å². The van der Waals surface area contributed by atoms with E-state index in [0.717, 1.165) is 12.0 Å². The molecule has 1 unspecified atom stereocenters. The zero-order valence-electron chi connectivity index (χ0n) is 6.04. The summed E-state index contributed by atoms with van der Waals surface area (Å²) < 4.78 is 0. The lowest BCUT2D eigenvalue weighted by molar-refractivity contribution is 0.195. The van der Waals surface area contributed by atoms with Crippen molar-refractivity contribution < 1.29 is 5.11 Å². The van der Waals surface area contributed by atoms with Gasteiger partial charge in [-0.2, -0.15) is 0 Å². The van der Waals surface area contributed by atoms with E-state index >= 15 is 0 Å². The van der Waals surface area contributed by atoms with Crippen LogP contribution in [0.1, 0.15) is 12.5 Å². The minimum atomic E-state index is -0.254. The predicted molar refractivity (Wildman–Crippen MR) is 40.7 cm³/mol. The average Bonchev–Trinajstić information content (AvgIpc) is 1.88. The van der Waals surface area contributed by atoms with Gasteiger partial charge in [0.25, 0.3) is 0 Å². The molecule has 1 aromatic carbocycles. The predicted octanol–water partition coefficient (Wildman–Crippen LogP) is 1.41. The Morgan fingerprint density at radius 3 is 3.00 bits per heavy atom. The maximum atomic E-state index is 8.99. The standard InChI is InChI=1S/C9H11O/c1-8(10)7-9-5-3-2-4-6-9/h2-3,5-6,8,10H,7H2,1H3. The van der Waals surface area contributed by atoms with Gasteiger partial charge in [0.15, 0.2) is 0 Å². The summed E-state index contributed by atoms with van der Waals surface area (Å²) in [6.45, 7) is 1.78. The fourth-order valence-electron chi connectivity index (χ4n) is 0.899. The second-order valence-electron chi connectivity index (χ2n) is 2.46. The molecule has 0 aromatic heterocycles. The summed E-state index contributed by atoms with van der Waals surface area (Å²) in [5, 5.41) is 8.99. The fraction of sp³-hybridized carbons (Fsp3) is 0.333. The van der Waals surface area contributed by atoms with Crippen LogP contribution < -0.4 is 0 Å². The van der Waals surface area contributed by atoms with Gasteiger partial charge in [0, 0.05) is 0 Å². The molecule has 0 aliphatic carbocycles. The zero-order chi connectivity index (χ0) is 7.40. The van der Waals surface area contributed by atoms with Crippen molar-refractivity contribution in [3.63, 3.8) is 0 Å². The molecule has 1 nitrogen and oxygen atoms in total. The highest BCUT2D eigenvalue weighted by Crippen LogP contribution is 2.01. The van der Waals surface area contributed by atoms with Gasteiger partial charge in [0.1, 0.15) is 0 Å². The van der Waals surface area contributed by atoms with E-state index in [-0.39, 0.29) is 6.10 Å². The molecule has 1 radical (unpaired) electrons. The lowest BCUT2D eigenvalue weighted by Gasteiger charge is -2.01. The van der Waals surface area contributed by atoms with Gasteiger partial charge in [-0.3, -0.25) is 0 Å². The Bertz CT molecular complexity index is 179. The van der Waals surface area contributed by atoms with E-state index in [1.54, 1.807) is 6.92 Å². The van der Waals surface area contributed by atoms with Gasteiger partial charge in [-0.15, -0.1) is 0 Å². The molecule has 0 bridgehead atoms. The van der Waals surface area contributed by atoms with Gasteiger partial charge in [0.2, 0.25) is 0 Å². The number of rotatable bonds is 2. The van der Waals surface area contributed by atoms with Gasteiger partial charge in [0.05, 0.1) is 6.10 Å². The molecule has 1 N–H and O–H groups in total. The summed E-state index contributed by atoms with van der Waals surface area (Å²) in [5.41, 5.74) is 1.14. The van der Waals surface area contributed by atoms with E-state index in [0.29, 0.717) is 0 Å². The van der Waals surface area contributed by atoms with Crippen LogP contribution in [-0.2, 0) is 6.42 Å². The van der Waals surface area contributed by atoms with Crippen LogP contribution in [0.15, 0.2) is 24.3 Å². The molecule has 0 aliphatic heterocycles. The molecule has 1 heteroatoms. The van der Waals surface area contributed by atoms with Gasteiger partial charge >= 0.3 is 0 Å². The molecule has 1 rings (SSSR count). The number of aliphatic hydroxyl groups excluding tert-OH is 1. The molecule has 53 valence electrons. The SMILES string of the molecule is CC(O)Cc1c[c]ccc1. The minimum absolute atomic E-state index is 0.254. The largest absolute Gasteiger partial charge is 0.393 e. The molecule has 0 fully saturated rings. The van der Waals surface area contributed by atoms with Crippen LogP contribution >= 0.6 is 0 Å². The Balaban J connectivity index is 2.59. The number of hydrogen-bond acceptors (Lipinski definition) is 1. The second kappa shape index (κ2) is 3.37. The Kier molecular flexibility index (Phi) is 2.46. The zero-order valence-corrected chi connectivity index (χ0v) is 6.04. The third-order valence-electron chi connectivity index (χ3n) is 1.30. The van der Waals surface area contributed by atoms with E-state index in [1.165, 1.54) is 0 Å². The number of hydrogen-bond donors (Lipinski definition) is 1. The van der Waals surface area contributed by atoms with Crippen molar-refractivity contribution in [2.24, 2.45) is 0 Å². The number of benzene rings is 1. The first-order chi connectivity index (χ1) is 4.79. The highest BCUT2D eigenvalue weighted by Gasteiger charge is 1.95. The van der Waals surface area contributed by atoms with Crippen LogP contribution in [-0.4, -0.2) is 11.2 Å². The molecular weight excluding hydrogens is 124 g/mol. The molecule has 10 heavy (non-hydrogen) atoms. The Hall–Kier alpha value is -0.820. The molecule has 0 saturated heterocycles. The van der Waals surface area contributed by atoms with Crippen molar-refractivity contribution >= 4 is 0 Å². The first-order valence-corrected chi connectivity index (χ1v) is 3.42. The lowest BCUT2D eigenvalue weighted by atomic mass is 10.1. The van der Waals surface area contributed by atoms with Crippen molar-refractivity contribution in [2.45, 2.75) is 19.4 Å². The van der Waals surface area contributed by atoms with Gasteiger partial charge in [-0.05, 0) is 25.0 Å². The van der Waals surface area contributed by atoms with Crippen molar-refractivity contribution in [1.82, 2.24) is 0 Å². The maximum Gasteiger partial charge on any atom is 0.0552 e. The van der Waals surface area contributed by atoms with Crippen LogP contribution in [0.5, 0.6) is 0 Å². The van der Waals surface area contributed by atoms with Crippen LogP contribution in [0.3, 0.4) is 0 Å². The second-order valence-corrected chi connectivity index (χ2v) is 2.46. The maximum absolute atomic E-state index is 8.99. The molecule has 1 aromatic rings. The molecule has 0 saturated carbocycles. The quantitative estimate of drug-likeness (QED) is 0.650. The van der Waals surface area contributed by atoms with Crippen molar-refractivity contribution in [2.75, 3.05) is 0 Å². The summed E-state index contributed by atoms with van der Waals surface area (Å²) in [7, 11) is 0. The van der Waals surface area contributed by atoms with Gasteiger partial charge in [-0.25, -0.2) is 0 Å². The van der Waals surface area contributed by atoms with E-state index in [4.69, 9.17) is 5.11 Å². The first kappa shape index (κ1) is 7.29. The molecular formula is C9H11O. The van der Waals surface area contributed by atoms with Crippen molar-refractivity contribution in [3.05, 3.63) is 35.9 Å². The van der Waals surface area contributed by atoms with Crippen molar-refractivity contribution in [3.8, 4) is 0 Å². The summed E-state index contributed by atoms with van der Waals surface area (Å²) in [6, 6.07) is 10.6. The van der Waals surface area contributed by atoms with Crippen LogP contribution in [0.4, 0.5) is 0 Å². The van der Waals surface area contributed by atoms with Gasteiger partial charge in [-0.1, -0.05) is 24.3 Å². The average molecular weight is 135 g/mol. The van der Waals surface area contributed by atoms with Crippen LogP contribution in [0.25, 0.3) is 0 Å². The topological polar surface area (TPSA) is 20.2 Å². The molecule has 0 aliphatic rings. The molecule has 1 atom stereocenters. The summed E-state index contributed by atoms with van der Waals surface area (Å²) >= 11 is 0. The molecule has 0 spiro atoms. The van der Waals surface area contributed by atoms with E-state index in [2.05, 4.69) is 6.07 Å². The van der Waals surface area contributed by atoms with Crippen LogP contribution in [0.2, 0.25) is 0 Å². The van der Waals surface area contributed by atoms with E-state index in [9.17, 15) is 0 Å². The Morgan fingerprint density at radius 2 is 2.50 bits per heavy atom. The molecule has 0 amide bonds.